The summed E-state index contributed by atoms with van der Waals surface area (Å²) in [5.74, 6) is 0.760. The number of aryl methyl sites for hydroxylation is 2. The van der Waals surface area contributed by atoms with Gasteiger partial charge in [0.2, 0.25) is 0 Å². The molecular formula is C29H31N5O2. The molecule has 0 spiro atoms. The maximum Gasteiger partial charge on any atom is 0.265 e. The largest absolute Gasteiger partial charge is 0.376 e. The molecule has 0 unspecified atom stereocenters. The average Bonchev–Trinajstić information content (AvgIpc) is 3.53. The zero-order chi connectivity index (χ0) is 24.6. The van der Waals surface area contributed by atoms with Crippen LogP contribution in [0.2, 0.25) is 0 Å². The molecule has 4 heterocycles. The van der Waals surface area contributed by atoms with Crippen LogP contribution >= 0.6 is 0 Å². The highest BCUT2D eigenvalue weighted by Gasteiger charge is 2.25. The molecule has 1 saturated heterocycles. The summed E-state index contributed by atoms with van der Waals surface area (Å²) in [7, 11) is 0. The van der Waals surface area contributed by atoms with E-state index in [1.165, 1.54) is 12.0 Å². The van der Waals surface area contributed by atoms with Gasteiger partial charge < -0.3 is 4.74 Å². The Kier molecular flexibility index (Phi) is 6.01. The Morgan fingerprint density at radius 2 is 1.75 bits per heavy atom. The Morgan fingerprint density at radius 1 is 0.972 bits per heavy atom. The normalized spacial score (nSPS) is 16.0. The number of hydrogen-bond acceptors (Lipinski definition) is 5. The molecule has 7 nitrogen and oxygen atoms in total. The first kappa shape index (κ1) is 22.9. The fourth-order valence-electron chi connectivity index (χ4n) is 5.26. The van der Waals surface area contributed by atoms with Crippen molar-refractivity contribution < 1.29 is 4.74 Å². The third-order valence-electron chi connectivity index (χ3n) is 7.18. The van der Waals surface area contributed by atoms with Crippen molar-refractivity contribution in [3.05, 3.63) is 70.3 Å². The lowest BCUT2D eigenvalue weighted by Gasteiger charge is -2.16. The minimum absolute atomic E-state index is 0.0446. The van der Waals surface area contributed by atoms with Gasteiger partial charge in [-0.25, -0.2) is 15.0 Å². The summed E-state index contributed by atoms with van der Waals surface area (Å²) < 4.78 is 9.66. The number of para-hydroxylation sites is 2. The zero-order valence-electron chi connectivity index (χ0n) is 20.9. The van der Waals surface area contributed by atoms with Crippen LogP contribution in [0.15, 0.2) is 53.3 Å². The first-order chi connectivity index (χ1) is 17.7. The van der Waals surface area contributed by atoms with Crippen molar-refractivity contribution in [2.24, 2.45) is 0 Å². The minimum atomic E-state index is -0.0692. The van der Waals surface area contributed by atoms with Gasteiger partial charge in [0.05, 0.1) is 23.7 Å². The average molecular weight is 482 g/mol. The van der Waals surface area contributed by atoms with Gasteiger partial charge in [0.15, 0.2) is 11.3 Å². The summed E-state index contributed by atoms with van der Waals surface area (Å²) in [5, 5.41) is 0.522. The Morgan fingerprint density at radius 3 is 2.44 bits per heavy atom. The van der Waals surface area contributed by atoms with Crippen LogP contribution in [0.1, 0.15) is 50.9 Å². The standard InChI is InChI=1S/C29H31N5O2/c1-3-5-9-19-13-15-20(16-14-19)34-27-25(26-28(34)31-23-12-7-6-11-22(23)30-26)29(35)33(24(4-2)32-27)18-21-10-8-17-36-21/h6-7,11-16,21H,3-5,8-10,17-18H2,1-2H3/t21-/m1/s1. The first-order valence-corrected chi connectivity index (χ1v) is 13.1. The van der Waals surface area contributed by atoms with Gasteiger partial charge >= 0.3 is 0 Å². The maximum atomic E-state index is 14.0. The molecule has 0 amide bonds. The highest BCUT2D eigenvalue weighted by Crippen LogP contribution is 2.29. The van der Waals surface area contributed by atoms with E-state index in [1.54, 1.807) is 4.57 Å². The molecule has 184 valence electrons. The van der Waals surface area contributed by atoms with Crippen LogP contribution in [-0.2, 0) is 24.1 Å². The molecule has 36 heavy (non-hydrogen) atoms. The Hall–Kier alpha value is -3.58. The van der Waals surface area contributed by atoms with E-state index in [9.17, 15) is 4.79 Å². The summed E-state index contributed by atoms with van der Waals surface area (Å²) in [6.45, 7) is 5.52. The SMILES string of the molecule is CCCCc1ccc(-n2c3nc4ccccc4nc3c3c(=O)n(C[C@H]4CCCO4)c(CC)nc32)cc1. The summed E-state index contributed by atoms with van der Waals surface area (Å²) >= 11 is 0. The van der Waals surface area contributed by atoms with Crippen LogP contribution in [0.4, 0.5) is 0 Å². The minimum Gasteiger partial charge on any atom is -0.376 e. The van der Waals surface area contributed by atoms with Crippen LogP contribution in [0.3, 0.4) is 0 Å². The molecule has 0 aliphatic carbocycles. The lowest BCUT2D eigenvalue weighted by molar-refractivity contribution is 0.0953. The number of ether oxygens (including phenoxy) is 1. The maximum absolute atomic E-state index is 14.0. The zero-order valence-corrected chi connectivity index (χ0v) is 20.9. The Labute approximate surface area is 209 Å². The van der Waals surface area contributed by atoms with Crippen LogP contribution < -0.4 is 5.56 Å². The van der Waals surface area contributed by atoms with Gasteiger partial charge in [-0.1, -0.05) is 44.5 Å². The quantitative estimate of drug-likeness (QED) is 0.313. The van der Waals surface area contributed by atoms with Crippen molar-refractivity contribution in [2.45, 2.75) is 65.0 Å². The first-order valence-electron chi connectivity index (χ1n) is 13.1. The lowest BCUT2D eigenvalue weighted by atomic mass is 10.1. The lowest BCUT2D eigenvalue weighted by Crippen LogP contribution is -2.30. The second-order valence-electron chi connectivity index (χ2n) is 9.62. The molecule has 0 saturated carbocycles. The predicted octanol–water partition coefficient (Wildman–Crippen LogP) is 5.37. The smallest absolute Gasteiger partial charge is 0.265 e. The molecule has 1 atom stereocenters. The molecule has 3 aromatic heterocycles. The van der Waals surface area contributed by atoms with Gasteiger partial charge in [0, 0.05) is 18.7 Å². The topological polar surface area (TPSA) is 74.8 Å². The van der Waals surface area contributed by atoms with Gasteiger partial charge in [0.25, 0.3) is 5.56 Å². The second-order valence-corrected chi connectivity index (χ2v) is 9.62. The Bertz CT molecular complexity index is 1610. The summed E-state index contributed by atoms with van der Waals surface area (Å²) in [5.41, 5.74) is 5.61. The van der Waals surface area contributed by atoms with Gasteiger partial charge in [-0.05, 0) is 55.5 Å². The fourth-order valence-corrected chi connectivity index (χ4v) is 5.26. The molecule has 1 fully saturated rings. The van der Waals surface area contributed by atoms with Gasteiger partial charge in [0.1, 0.15) is 16.7 Å². The number of nitrogens with zero attached hydrogens (tertiary/aromatic N) is 5. The predicted molar refractivity (Wildman–Crippen MR) is 143 cm³/mol. The number of unbranched alkanes of at least 4 members (excludes halogenated alkanes) is 1. The second kappa shape index (κ2) is 9.47. The third-order valence-corrected chi connectivity index (χ3v) is 7.18. The molecule has 2 aromatic carbocycles. The van der Waals surface area contributed by atoms with Crippen molar-refractivity contribution in [2.75, 3.05) is 6.61 Å². The molecular weight excluding hydrogens is 450 g/mol. The van der Waals surface area contributed by atoms with E-state index in [4.69, 9.17) is 19.7 Å². The Balaban J connectivity index is 1.63. The van der Waals surface area contributed by atoms with Crippen molar-refractivity contribution in [1.29, 1.82) is 0 Å². The molecule has 1 aliphatic heterocycles. The van der Waals surface area contributed by atoms with Crippen molar-refractivity contribution >= 4 is 33.2 Å². The van der Waals surface area contributed by atoms with E-state index < -0.39 is 0 Å². The van der Waals surface area contributed by atoms with E-state index in [-0.39, 0.29) is 11.7 Å². The monoisotopic (exact) mass is 481 g/mol. The third kappa shape index (κ3) is 3.88. The molecule has 6 rings (SSSR count). The molecule has 0 bridgehead atoms. The van der Waals surface area contributed by atoms with Crippen LogP contribution in [0.25, 0.3) is 38.9 Å². The molecule has 5 aromatic rings. The van der Waals surface area contributed by atoms with Crippen LogP contribution in [-0.4, -0.2) is 36.8 Å². The summed E-state index contributed by atoms with van der Waals surface area (Å²) in [6.07, 6.45) is 6.07. The van der Waals surface area contributed by atoms with E-state index in [1.807, 2.05) is 35.8 Å². The van der Waals surface area contributed by atoms with Crippen LogP contribution in [0.5, 0.6) is 0 Å². The van der Waals surface area contributed by atoms with Gasteiger partial charge in [-0.2, -0.15) is 0 Å². The molecule has 7 heteroatoms. The number of aromatic nitrogens is 5. The summed E-state index contributed by atoms with van der Waals surface area (Å²) in [6, 6.07) is 16.3. The highest BCUT2D eigenvalue weighted by molar-refractivity contribution is 6.05. The van der Waals surface area contributed by atoms with Crippen LogP contribution in [0, 0.1) is 0 Å². The van der Waals surface area contributed by atoms with E-state index in [0.717, 1.165) is 54.8 Å². The fraction of sp³-hybridized carbons (Fsp3) is 0.379. The van der Waals surface area contributed by atoms with Crippen molar-refractivity contribution in [3.63, 3.8) is 0 Å². The number of rotatable bonds is 7. The van der Waals surface area contributed by atoms with Crippen molar-refractivity contribution in [1.82, 2.24) is 24.1 Å². The summed E-state index contributed by atoms with van der Waals surface area (Å²) in [4.78, 5) is 29.0. The van der Waals surface area contributed by atoms with E-state index in [2.05, 4.69) is 31.2 Å². The van der Waals surface area contributed by atoms with Gasteiger partial charge in [-0.3, -0.25) is 13.9 Å². The van der Waals surface area contributed by atoms with Gasteiger partial charge in [-0.15, -0.1) is 0 Å². The molecule has 1 aliphatic rings. The van der Waals surface area contributed by atoms with E-state index in [0.29, 0.717) is 35.2 Å². The van der Waals surface area contributed by atoms with Crippen molar-refractivity contribution in [3.8, 4) is 5.69 Å². The van der Waals surface area contributed by atoms with E-state index >= 15 is 0 Å². The number of fused-ring (bicyclic) bond motifs is 4. The number of benzene rings is 2. The highest BCUT2D eigenvalue weighted by atomic mass is 16.5. The molecule has 0 N–H and O–H groups in total. The molecule has 0 radical (unpaired) electrons. The number of hydrogen-bond donors (Lipinski definition) is 0.